The minimum atomic E-state index is -1.10. The van der Waals surface area contributed by atoms with Crippen molar-refractivity contribution >= 4 is 11.9 Å². The summed E-state index contributed by atoms with van der Waals surface area (Å²) in [6.07, 6.45) is 2.50. The Kier molecular flexibility index (Phi) is 4.27. The van der Waals surface area contributed by atoms with E-state index in [0.29, 0.717) is 0 Å². The number of carboxylic acid groups (broad SMARTS) is 1. The standard InChI is InChI=1S/C12H16N2O3/c1-7(8(2)12(16)17)11(15)14-10-5-3-4-9(10)6-13/h9-10H,3-5H2,1-2H3,(H,14,15)(H,16,17). The van der Waals surface area contributed by atoms with Crippen LogP contribution in [0, 0.1) is 17.2 Å². The number of nitrogens with one attached hydrogen (secondary N) is 1. The number of carbonyl (C=O) groups excluding carboxylic acids is 1. The van der Waals surface area contributed by atoms with Crippen molar-refractivity contribution in [3.05, 3.63) is 11.1 Å². The van der Waals surface area contributed by atoms with Gasteiger partial charge in [-0.15, -0.1) is 0 Å². The fourth-order valence-electron chi connectivity index (χ4n) is 1.89. The second-order valence-corrected chi connectivity index (χ2v) is 4.30. The molecule has 1 rings (SSSR count). The third kappa shape index (κ3) is 3.06. The molecule has 1 aliphatic rings. The first-order chi connectivity index (χ1) is 7.97. The Morgan fingerprint density at radius 3 is 2.47 bits per heavy atom. The molecular weight excluding hydrogens is 220 g/mol. The zero-order valence-corrected chi connectivity index (χ0v) is 9.99. The molecule has 1 amide bonds. The molecule has 1 saturated carbocycles. The number of rotatable bonds is 3. The molecule has 0 heterocycles. The Morgan fingerprint density at radius 1 is 1.29 bits per heavy atom. The van der Waals surface area contributed by atoms with Gasteiger partial charge < -0.3 is 10.4 Å². The number of amides is 1. The summed E-state index contributed by atoms with van der Waals surface area (Å²) < 4.78 is 0. The summed E-state index contributed by atoms with van der Waals surface area (Å²) in [5.74, 6) is -1.64. The summed E-state index contributed by atoms with van der Waals surface area (Å²) in [6.45, 7) is 2.88. The van der Waals surface area contributed by atoms with Gasteiger partial charge in [0.2, 0.25) is 5.91 Å². The molecule has 0 aromatic rings. The first-order valence-electron chi connectivity index (χ1n) is 5.58. The lowest BCUT2D eigenvalue weighted by atomic mass is 10.0. The molecule has 0 aromatic heterocycles. The van der Waals surface area contributed by atoms with E-state index in [1.54, 1.807) is 0 Å². The number of hydrogen-bond donors (Lipinski definition) is 2. The van der Waals surface area contributed by atoms with Gasteiger partial charge in [-0.25, -0.2) is 4.79 Å². The van der Waals surface area contributed by atoms with Gasteiger partial charge in [0.05, 0.1) is 12.0 Å². The molecule has 0 aliphatic heterocycles. The van der Waals surface area contributed by atoms with Gasteiger partial charge >= 0.3 is 5.97 Å². The van der Waals surface area contributed by atoms with Gasteiger partial charge in [-0.05, 0) is 33.1 Å². The van der Waals surface area contributed by atoms with E-state index in [0.717, 1.165) is 19.3 Å². The predicted octanol–water partition coefficient (Wildman–Crippen LogP) is 1.22. The van der Waals surface area contributed by atoms with Crippen LogP contribution in [0.15, 0.2) is 11.1 Å². The summed E-state index contributed by atoms with van der Waals surface area (Å²) in [5.41, 5.74) is 0.232. The summed E-state index contributed by atoms with van der Waals surface area (Å²) in [5, 5.41) is 20.4. The van der Waals surface area contributed by atoms with Crippen LogP contribution in [-0.2, 0) is 9.59 Å². The quantitative estimate of drug-likeness (QED) is 0.721. The smallest absolute Gasteiger partial charge is 0.331 e. The Bertz CT molecular complexity index is 406. The molecule has 17 heavy (non-hydrogen) atoms. The van der Waals surface area contributed by atoms with E-state index in [1.165, 1.54) is 13.8 Å². The molecule has 0 aromatic carbocycles. The van der Waals surface area contributed by atoms with Gasteiger partial charge in [0.15, 0.2) is 0 Å². The van der Waals surface area contributed by atoms with Crippen molar-refractivity contribution in [3.8, 4) is 6.07 Å². The molecule has 5 nitrogen and oxygen atoms in total. The molecular formula is C12H16N2O3. The molecule has 0 spiro atoms. The maximum absolute atomic E-state index is 11.8. The topological polar surface area (TPSA) is 90.2 Å². The maximum atomic E-state index is 11.8. The van der Waals surface area contributed by atoms with E-state index < -0.39 is 11.9 Å². The van der Waals surface area contributed by atoms with Crippen molar-refractivity contribution < 1.29 is 14.7 Å². The molecule has 0 bridgehead atoms. The number of aliphatic carboxylic acids is 1. The summed E-state index contributed by atoms with van der Waals surface area (Å²) in [7, 11) is 0. The zero-order chi connectivity index (χ0) is 13.0. The predicted molar refractivity (Wildman–Crippen MR) is 60.9 cm³/mol. The maximum Gasteiger partial charge on any atom is 0.331 e. The number of carbonyl (C=O) groups is 2. The van der Waals surface area contributed by atoms with Gasteiger partial charge in [-0.1, -0.05) is 0 Å². The minimum absolute atomic E-state index is 0.0361. The van der Waals surface area contributed by atoms with Crippen LogP contribution in [-0.4, -0.2) is 23.0 Å². The lowest BCUT2D eigenvalue weighted by Gasteiger charge is -2.16. The summed E-state index contributed by atoms with van der Waals surface area (Å²) >= 11 is 0. The Labute approximate surface area is 100 Å². The number of hydrogen-bond acceptors (Lipinski definition) is 3. The normalized spacial score (nSPS) is 24.8. The van der Waals surface area contributed by atoms with Crippen molar-refractivity contribution in [2.45, 2.75) is 39.2 Å². The van der Waals surface area contributed by atoms with Crippen LogP contribution in [0.4, 0.5) is 0 Å². The number of carboxylic acids is 1. The second kappa shape index (κ2) is 5.48. The van der Waals surface area contributed by atoms with Gasteiger partial charge in [-0.2, -0.15) is 5.26 Å². The molecule has 2 N–H and O–H groups in total. The van der Waals surface area contributed by atoms with Gasteiger partial charge in [0, 0.05) is 17.2 Å². The highest BCUT2D eigenvalue weighted by molar-refractivity contribution is 6.01. The summed E-state index contributed by atoms with van der Waals surface area (Å²) in [4.78, 5) is 22.5. The Morgan fingerprint density at radius 2 is 1.94 bits per heavy atom. The third-order valence-corrected chi connectivity index (χ3v) is 3.22. The van der Waals surface area contributed by atoms with Crippen LogP contribution in [0.1, 0.15) is 33.1 Å². The van der Waals surface area contributed by atoms with Gasteiger partial charge in [-0.3, -0.25) is 4.79 Å². The third-order valence-electron chi connectivity index (χ3n) is 3.22. The molecule has 2 unspecified atom stereocenters. The lowest BCUT2D eigenvalue weighted by Crippen LogP contribution is -2.37. The Balaban J connectivity index is 2.70. The molecule has 1 fully saturated rings. The van der Waals surface area contributed by atoms with Crippen LogP contribution in [0.3, 0.4) is 0 Å². The average Bonchev–Trinajstić information content (AvgIpc) is 2.73. The Hall–Kier alpha value is -1.83. The molecule has 2 atom stereocenters. The van der Waals surface area contributed by atoms with Crippen molar-refractivity contribution in [2.75, 3.05) is 0 Å². The van der Waals surface area contributed by atoms with E-state index in [2.05, 4.69) is 11.4 Å². The van der Waals surface area contributed by atoms with Gasteiger partial charge in [0.25, 0.3) is 0 Å². The fraction of sp³-hybridized carbons (Fsp3) is 0.583. The van der Waals surface area contributed by atoms with Crippen LogP contribution in [0.2, 0.25) is 0 Å². The molecule has 1 aliphatic carbocycles. The molecule has 5 heteroatoms. The highest BCUT2D eigenvalue weighted by Crippen LogP contribution is 2.25. The number of nitriles is 1. The van der Waals surface area contributed by atoms with E-state index >= 15 is 0 Å². The monoisotopic (exact) mass is 236 g/mol. The van der Waals surface area contributed by atoms with E-state index in [-0.39, 0.29) is 23.1 Å². The lowest BCUT2D eigenvalue weighted by molar-refractivity contribution is -0.133. The fourth-order valence-corrected chi connectivity index (χ4v) is 1.89. The van der Waals surface area contributed by atoms with E-state index in [1.807, 2.05) is 0 Å². The largest absolute Gasteiger partial charge is 0.478 e. The summed E-state index contributed by atoms with van der Waals surface area (Å²) in [6, 6.07) is 2.01. The van der Waals surface area contributed by atoms with Crippen molar-refractivity contribution in [1.82, 2.24) is 5.32 Å². The minimum Gasteiger partial charge on any atom is -0.478 e. The van der Waals surface area contributed by atoms with Gasteiger partial charge in [0.1, 0.15) is 0 Å². The molecule has 92 valence electrons. The highest BCUT2D eigenvalue weighted by Gasteiger charge is 2.29. The average molecular weight is 236 g/mol. The van der Waals surface area contributed by atoms with Crippen LogP contribution >= 0.6 is 0 Å². The van der Waals surface area contributed by atoms with Crippen LogP contribution in [0.25, 0.3) is 0 Å². The molecule has 0 radical (unpaired) electrons. The van der Waals surface area contributed by atoms with Crippen LogP contribution in [0.5, 0.6) is 0 Å². The van der Waals surface area contributed by atoms with E-state index in [4.69, 9.17) is 10.4 Å². The van der Waals surface area contributed by atoms with Crippen molar-refractivity contribution in [1.29, 1.82) is 5.26 Å². The van der Waals surface area contributed by atoms with Crippen LogP contribution < -0.4 is 5.32 Å². The second-order valence-electron chi connectivity index (χ2n) is 4.30. The van der Waals surface area contributed by atoms with E-state index in [9.17, 15) is 9.59 Å². The SMILES string of the molecule is CC(C(=O)O)=C(C)C(=O)NC1CCCC1C#N. The van der Waals surface area contributed by atoms with Crippen molar-refractivity contribution in [3.63, 3.8) is 0 Å². The van der Waals surface area contributed by atoms with Crippen molar-refractivity contribution in [2.24, 2.45) is 5.92 Å². The zero-order valence-electron chi connectivity index (χ0n) is 9.99. The first kappa shape index (κ1) is 13.2. The first-order valence-corrected chi connectivity index (χ1v) is 5.58. The number of nitrogens with zero attached hydrogens (tertiary/aromatic N) is 1. The highest BCUT2D eigenvalue weighted by atomic mass is 16.4. The molecule has 0 saturated heterocycles.